The Kier molecular flexibility index (Phi) is 5.71. The number of nitrogens with zero attached hydrogens (tertiary/aromatic N) is 1. The molecule has 0 saturated heterocycles. The first kappa shape index (κ1) is 19.3. The molecule has 1 aliphatic rings. The second kappa shape index (κ2) is 8.57. The molecule has 0 saturated carbocycles. The maximum absolute atomic E-state index is 12.9. The monoisotopic (exact) mass is 405 g/mol. The molecule has 1 heterocycles. The number of aromatic nitrogens is 1. The average Bonchev–Trinajstić information content (AvgIpc) is 3.17. The second-order valence-electron chi connectivity index (χ2n) is 7.13. The number of thiazole rings is 1. The van der Waals surface area contributed by atoms with Gasteiger partial charge in [0.25, 0.3) is 5.91 Å². The van der Waals surface area contributed by atoms with Crippen LogP contribution in [-0.4, -0.2) is 16.8 Å². The highest BCUT2D eigenvalue weighted by atomic mass is 32.1. The number of aryl methyl sites for hydroxylation is 2. The summed E-state index contributed by atoms with van der Waals surface area (Å²) in [4.78, 5) is 31.0. The molecule has 3 aromatic rings. The summed E-state index contributed by atoms with van der Waals surface area (Å²) in [5.74, 6) is -0.515. The highest BCUT2D eigenvalue weighted by Crippen LogP contribution is 2.37. The Morgan fingerprint density at radius 1 is 1.07 bits per heavy atom. The quantitative estimate of drug-likeness (QED) is 0.626. The van der Waals surface area contributed by atoms with E-state index in [1.54, 1.807) is 12.1 Å². The second-order valence-corrected chi connectivity index (χ2v) is 8.22. The minimum atomic E-state index is -0.289. The molecule has 2 aromatic carbocycles. The lowest BCUT2D eigenvalue weighted by Gasteiger charge is -2.20. The number of rotatable bonds is 5. The fourth-order valence-electron chi connectivity index (χ4n) is 3.54. The molecule has 29 heavy (non-hydrogen) atoms. The van der Waals surface area contributed by atoms with Gasteiger partial charge in [0.15, 0.2) is 5.13 Å². The van der Waals surface area contributed by atoms with Gasteiger partial charge in [-0.05, 0) is 55.5 Å². The Morgan fingerprint density at radius 2 is 1.83 bits per heavy atom. The van der Waals surface area contributed by atoms with Crippen LogP contribution < -0.4 is 10.6 Å². The maximum atomic E-state index is 12.9. The van der Waals surface area contributed by atoms with Gasteiger partial charge in [-0.2, -0.15) is 0 Å². The van der Waals surface area contributed by atoms with Crippen LogP contribution in [0.4, 0.5) is 10.8 Å². The van der Waals surface area contributed by atoms with Crippen LogP contribution in [0.1, 0.15) is 52.2 Å². The zero-order valence-electron chi connectivity index (χ0n) is 16.3. The SMILES string of the molecule is CCc1ccc(NC(=O)C2CCCc3sc(NC(=O)c4ccccc4)nc32)cc1. The van der Waals surface area contributed by atoms with Gasteiger partial charge < -0.3 is 5.32 Å². The van der Waals surface area contributed by atoms with Crippen molar-refractivity contribution < 1.29 is 9.59 Å². The smallest absolute Gasteiger partial charge is 0.257 e. The molecule has 2 amide bonds. The highest BCUT2D eigenvalue weighted by Gasteiger charge is 2.30. The van der Waals surface area contributed by atoms with E-state index in [1.165, 1.54) is 16.9 Å². The van der Waals surface area contributed by atoms with Crippen LogP contribution in [0.15, 0.2) is 54.6 Å². The first-order valence-electron chi connectivity index (χ1n) is 9.90. The molecule has 1 aromatic heterocycles. The minimum absolute atomic E-state index is 0.0403. The molecule has 0 aliphatic heterocycles. The molecule has 4 rings (SSSR count). The fraction of sp³-hybridized carbons (Fsp3) is 0.261. The predicted octanol–water partition coefficient (Wildman–Crippen LogP) is 5.02. The predicted molar refractivity (Wildman–Crippen MR) is 117 cm³/mol. The summed E-state index contributed by atoms with van der Waals surface area (Å²) in [6.07, 6.45) is 3.56. The number of carbonyl (C=O) groups is 2. The number of fused-ring (bicyclic) bond motifs is 1. The van der Waals surface area contributed by atoms with Gasteiger partial charge >= 0.3 is 0 Å². The van der Waals surface area contributed by atoms with Crippen LogP contribution in [-0.2, 0) is 17.6 Å². The van der Waals surface area contributed by atoms with Crippen LogP contribution in [0.3, 0.4) is 0 Å². The van der Waals surface area contributed by atoms with E-state index in [-0.39, 0.29) is 17.7 Å². The number of amides is 2. The zero-order valence-corrected chi connectivity index (χ0v) is 17.1. The number of hydrogen-bond acceptors (Lipinski definition) is 4. The Morgan fingerprint density at radius 3 is 2.55 bits per heavy atom. The Bertz CT molecular complexity index is 1010. The molecule has 6 heteroatoms. The molecular weight excluding hydrogens is 382 g/mol. The first-order chi connectivity index (χ1) is 14.1. The van der Waals surface area contributed by atoms with E-state index >= 15 is 0 Å². The summed E-state index contributed by atoms with van der Waals surface area (Å²) < 4.78 is 0. The van der Waals surface area contributed by atoms with Gasteiger partial charge in [-0.3, -0.25) is 14.9 Å². The van der Waals surface area contributed by atoms with Crippen molar-refractivity contribution in [1.82, 2.24) is 4.98 Å². The van der Waals surface area contributed by atoms with E-state index in [2.05, 4.69) is 22.5 Å². The molecule has 1 unspecified atom stereocenters. The van der Waals surface area contributed by atoms with E-state index in [9.17, 15) is 9.59 Å². The molecule has 1 atom stereocenters. The minimum Gasteiger partial charge on any atom is -0.326 e. The summed E-state index contributed by atoms with van der Waals surface area (Å²) in [5, 5.41) is 6.44. The van der Waals surface area contributed by atoms with E-state index in [4.69, 9.17) is 0 Å². The lowest BCUT2D eigenvalue weighted by atomic mass is 9.90. The van der Waals surface area contributed by atoms with Crippen molar-refractivity contribution in [3.8, 4) is 0 Å². The van der Waals surface area contributed by atoms with Crippen molar-refractivity contribution in [2.75, 3.05) is 10.6 Å². The summed E-state index contributed by atoms with van der Waals surface area (Å²) in [6, 6.07) is 17.0. The standard InChI is InChI=1S/C23H23N3O2S/c1-2-15-11-13-17(14-12-15)24-22(28)18-9-6-10-19-20(18)25-23(29-19)26-21(27)16-7-4-3-5-8-16/h3-5,7-8,11-14,18H,2,6,9-10H2,1H3,(H,24,28)(H,25,26,27). The van der Waals surface area contributed by atoms with Crippen LogP contribution in [0.5, 0.6) is 0 Å². The molecule has 2 N–H and O–H groups in total. The molecule has 148 valence electrons. The number of anilines is 2. The average molecular weight is 406 g/mol. The van der Waals surface area contributed by atoms with Gasteiger partial charge in [0.2, 0.25) is 5.91 Å². The Labute approximate surface area is 174 Å². The van der Waals surface area contributed by atoms with Crippen molar-refractivity contribution in [3.05, 3.63) is 76.3 Å². The third-order valence-electron chi connectivity index (χ3n) is 5.16. The number of carbonyl (C=O) groups excluding carboxylic acids is 2. The zero-order chi connectivity index (χ0) is 20.2. The summed E-state index contributed by atoms with van der Waals surface area (Å²) in [7, 11) is 0. The van der Waals surface area contributed by atoms with Crippen molar-refractivity contribution in [2.45, 2.75) is 38.5 Å². The van der Waals surface area contributed by atoms with Crippen molar-refractivity contribution in [2.24, 2.45) is 0 Å². The first-order valence-corrected chi connectivity index (χ1v) is 10.7. The Hall–Kier alpha value is -2.99. The maximum Gasteiger partial charge on any atom is 0.257 e. The molecule has 0 spiro atoms. The fourth-order valence-corrected chi connectivity index (χ4v) is 4.60. The van der Waals surface area contributed by atoms with Gasteiger partial charge in [-0.1, -0.05) is 37.3 Å². The van der Waals surface area contributed by atoms with Crippen LogP contribution in [0.25, 0.3) is 0 Å². The summed E-state index contributed by atoms with van der Waals surface area (Å²) in [6.45, 7) is 2.10. The molecule has 0 radical (unpaired) electrons. The third kappa shape index (κ3) is 4.38. The molecular formula is C23H23N3O2S. The van der Waals surface area contributed by atoms with Crippen molar-refractivity contribution in [1.29, 1.82) is 0 Å². The molecule has 0 fully saturated rings. The van der Waals surface area contributed by atoms with Crippen molar-refractivity contribution >= 4 is 34.0 Å². The number of benzene rings is 2. The van der Waals surface area contributed by atoms with Gasteiger partial charge in [0, 0.05) is 16.1 Å². The number of nitrogens with one attached hydrogen (secondary N) is 2. The highest BCUT2D eigenvalue weighted by molar-refractivity contribution is 7.16. The largest absolute Gasteiger partial charge is 0.326 e. The molecule has 5 nitrogen and oxygen atoms in total. The van der Waals surface area contributed by atoms with Gasteiger partial charge in [0.1, 0.15) is 0 Å². The normalized spacial score (nSPS) is 15.4. The van der Waals surface area contributed by atoms with E-state index < -0.39 is 0 Å². The topological polar surface area (TPSA) is 71.1 Å². The van der Waals surface area contributed by atoms with Gasteiger partial charge in [-0.15, -0.1) is 11.3 Å². The summed E-state index contributed by atoms with van der Waals surface area (Å²) in [5.41, 5.74) is 3.42. The molecule has 0 bridgehead atoms. The number of hydrogen-bond donors (Lipinski definition) is 2. The van der Waals surface area contributed by atoms with E-state index in [0.717, 1.165) is 41.9 Å². The van der Waals surface area contributed by atoms with Gasteiger partial charge in [-0.25, -0.2) is 4.98 Å². The van der Waals surface area contributed by atoms with E-state index in [0.29, 0.717) is 10.7 Å². The summed E-state index contributed by atoms with van der Waals surface area (Å²) >= 11 is 1.47. The van der Waals surface area contributed by atoms with Crippen LogP contribution >= 0.6 is 11.3 Å². The molecule has 1 aliphatic carbocycles. The van der Waals surface area contributed by atoms with Gasteiger partial charge in [0.05, 0.1) is 11.6 Å². The third-order valence-corrected chi connectivity index (χ3v) is 6.20. The lowest BCUT2D eigenvalue weighted by molar-refractivity contribution is -0.117. The lowest BCUT2D eigenvalue weighted by Crippen LogP contribution is -2.24. The van der Waals surface area contributed by atoms with Crippen LogP contribution in [0, 0.1) is 0 Å². The van der Waals surface area contributed by atoms with Crippen molar-refractivity contribution in [3.63, 3.8) is 0 Å². The Balaban J connectivity index is 1.49. The van der Waals surface area contributed by atoms with E-state index in [1.807, 2.05) is 42.5 Å². The van der Waals surface area contributed by atoms with Crippen LogP contribution in [0.2, 0.25) is 0 Å².